The van der Waals surface area contributed by atoms with Gasteiger partial charge in [0.1, 0.15) is 5.82 Å². The third kappa shape index (κ3) is 4.65. The van der Waals surface area contributed by atoms with Crippen LogP contribution in [-0.2, 0) is 4.79 Å². The molecule has 1 aliphatic rings. The lowest BCUT2D eigenvalue weighted by Gasteiger charge is -2.06. The number of benzene rings is 2. The second kappa shape index (κ2) is 8.48. The van der Waals surface area contributed by atoms with E-state index < -0.39 is 0 Å². The minimum atomic E-state index is -0.196. The molecule has 1 saturated carbocycles. The van der Waals surface area contributed by atoms with Gasteiger partial charge in [0.15, 0.2) is 0 Å². The van der Waals surface area contributed by atoms with Gasteiger partial charge < -0.3 is 10.6 Å². The molecule has 29 heavy (non-hydrogen) atoms. The third-order valence-electron chi connectivity index (χ3n) is 4.52. The molecule has 148 valence electrons. The van der Waals surface area contributed by atoms with Crippen LogP contribution in [0.3, 0.4) is 0 Å². The second-order valence-corrected chi connectivity index (χ2v) is 7.71. The van der Waals surface area contributed by atoms with Crippen molar-refractivity contribution in [2.45, 2.75) is 23.9 Å². The van der Waals surface area contributed by atoms with Gasteiger partial charge in [0.25, 0.3) is 5.91 Å². The number of thioether (sulfide) groups is 1. The summed E-state index contributed by atoms with van der Waals surface area (Å²) in [6, 6.07) is 16.7. The Labute approximate surface area is 172 Å². The van der Waals surface area contributed by atoms with Gasteiger partial charge in [-0.1, -0.05) is 36.0 Å². The molecule has 3 aromatic rings. The number of carbonyl (C=O) groups is 2. The lowest BCUT2D eigenvalue weighted by atomic mass is 10.2. The standard InChI is InChI=1S/C21H21N5O2S/c1-22-20(28)15-6-5-7-16(12-15)23-18(27)13-29-21-24-19(14-10-11-14)26(25-21)17-8-3-2-4-9-17/h2-9,12,14H,10-11,13H2,1H3,(H,22,28)(H,23,27). The van der Waals surface area contributed by atoms with E-state index in [-0.39, 0.29) is 17.6 Å². The smallest absolute Gasteiger partial charge is 0.251 e. The summed E-state index contributed by atoms with van der Waals surface area (Å²) in [5.41, 5.74) is 2.05. The van der Waals surface area contributed by atoms with Crippen molar-refractivity contribution in [1.29, 1.82) is 0 Å². The molecule has 0 atom stereocenters. The van der Waals surface area contributed by atoms with Gasteiger partial charge in [-0.15, -0.1) is 5.10 Å². The van der Waals surface area contributed by atoms with Crippen LogP contribution in [0.5, 0.6) is 0 Å². The highest BCUT2D eigenvalue weighted by molar-refractivity contribution is 7.99. The Balaban J connectivity index is 1.42. The molecule has 8 heteroatoms. The number of rotatable bonds is 7. The van der Waals surface area contributed by atoms with Crippen molar-refractivity contribution in [2.24, 2.45) is 0 Å². The molecule has 2 N–H and O–H groups in total. The highest BCUT2D eigenvalue weighted by Gasteiger charge is 2.30. The largest absolute Gasteiger partial charge is 0.355 e. The van der Waals surface area contributed by atoms with Crippen LogP contribution in [0.25, 0.3) is 5.69 Å². The molecule has 1 aliphatic carbocycles. The number of aromatic nitrogens is 3. The van der Waals surface area contributed by atoms with E-state index in [0.29, 0.717) is 22.3 Å². The van der Waals surface area contributed by atoms with Crippen molar-refractivity contribution in [3.05, 3.63) is 66.0 Å². The monoisotopic (exact) mass is 407 g/mol. The van der Waals surface area contributed by atoms with Crippen molar-refractivity contribution in [2.75, 3.05) is 18.1 Å². The van der Waals surface area contributed by atoms with Gasteiger partial charge >= 0.3 is 0 Å². The van der Waals surface area contributed by atoms with E-state index in [2.05, 4.69) is 20.7 Å². The van der Waals surface area contributed by atoms with Gasteiger partial charge in [0.05, 0.1) is 11.4 Å². The van der Waals surface area contributed by atoms with Gasteiger partial charge in [-0.05, 0) is 43.2 Å². The molecule has 2 amide bonds. The number of anilines is 1. The summed E-state index contributed by atoms with van der Waals surface area (Å²) in [6.07, 6.45) is 2.25. The van der Waals surface area contributed by atoms with Gasteiger partial charge in [-0.25, -0.2) is 9.67 Å². The predicted octanol–water partition coefficient (Wildman–Crippen LogP) is 3.24. The fourth-order valence-corrected chi connectivity index (χ4v) is 3.57. The Morgan fingerprint density at radius 1 is 1.14 bits per heavy atom. The van der Waals surface area contributed by atoms with Crippen molar-refractivity contribution in [3.8, 4) is 5.69 Å². The van der Waals surface area contributed by atoms with Crippen molar-refractivity contribution >= 4 is 29.3 Å². The first kappa shape index (κ1) is 19.2. The molecule has 0 saturated heterocycles. The molecule has 0 unspecified atom stereocenters. The first-order valence-corrected chi connectivity index (χ1v) is 10.4. The van der Waals surface area contributed by atoms with Crippen LogP contribution in [0.15, 0.2) is 59.8 Å². The number of nitrogens with zero attached hydrogens (tertiary/aromatic N) is 3. The van der Waals surface area contributed by atoms with E-state index in [0.717, 1.165) is 24.4 Å². The number of hydrogen-bond acceptors (Lipinski definition) is 5. The summed E-state index contributed by atoms with van der Waals surface area (Å²) >= 11 is 1.30. The molecule has 7 nitrogen and oxygen atoms in total. The average Bonchev–Trinajstić information content (AvgIpc) is 3.51. The summed E-state index contributed by atoms with van der Waals surface area (Å²) < 4.78 is 1.88. The van der Waals surface area contributed by atoms with E-state index in [1.165, 1.54) is 11.8 Å². The van der Waals surface area contributed by atoms with E-state index >= 15 is 0 Å². The van der Waals surface area contributed by atoms with Gasteiger partial charge in [-0.3, -0.25) is 9.59 Å². The van der Waals surface area contributed by atoms with Crippen LogP contribution in [0.4, 0.5) is 5.69 Å². The number of nitrogens with one attached hydrogen (secondary N) is 2. The number of para-hydroxylation sites is 1. The molecule has 1 aromatic heterocycles. The van der Waals surface area contributed by atoms with Crippen LogP contribution in [-0.4, -0.2) is 39.4 Å². The molecule has 1 fully saturated rings. The maximum atomic E-state index is 12.3. The minimum absolute atomic E-state index is 0.173. The molecular formula is C21H21N5O2S. The van der Waals surface area contributed by atoms with Crippen molar-refractivity contribution in [3.63, 3.8) is 0 Å². The molecule has 0 radical (unpaired) electrons. The molecule has 0 spiro atoms. The maximum absolute atomic E-state index is 12.3. The Morgan fingerprint density at radius 2 is 1.93 bits per heavy atom. The van der Waals surface area contributed by atoms with Crippen LogP contribution in [0.1, 0.15) is 34.9 Å². The van der Waals surface area contributed by atoms with Gasteiger partial charge in [0, 0.05) is 24.2 Å². The zero-order chi connectivity index (χ0) is 20.2. The Kier molecular flexibility index (Phi) is 5.62. The quantitative estimate of drug-likeness (QED) is 0.587. The highest BCUT2D eigenvalue weighted by Crippen LogP contribution is 2.40. The van der Waals surface area contributed by atoms with Gasteiger partial charge in [-0.2, -0.15) is 0 Å². The van der Waals surface area contributed by atoms with E-state index in [1.807, 2.05) is 35.0 Å². The Bertz CT molecular complexity index is 1030. The fraction of sp³-hybridized carbons (Fsp3) is 0.238. The van der Waals surface area contributed by atoms with Crippen molar-refractivity contribution < 1.29 is 9.59 Å². The molecule has 0 bridgehead atoms. The molecular weight excluding hydrogens is 386 g/mol. The summed E-state index contributed by atoms with van der Waals surface area (Å²) in [6.45, 7) is 0. The number of amides is 2. The summed E-state index contributed by atoms with van der Waals surface area (Å²) in [5, 5.41) is 10.6. The summed E-state index contributed by atoms with van der Waals surface area (Å²) in [4.78, 5) is 28.7. The fourth-order valence-electron chi connectivity index (χ4n) is 2.94. The van der Waals surface area contributed by atoms with Gasteiger partial charge in [0.2, 0.25) is 11.1 Å². The molecule has 0 aliphatic heterocycles. The Morgan fingerprint density at radius 3 is 2.66 bits per heavy atom. The number of hydrogen-bond donors (Lipinski definition) is 2. The predicted molar refractivity (Wildman–Crippen MR) is 113 cm³/mol. The number of carbonyl (C=O) groups excluding carboxylic acids is 2. The summed E-state index contributed by atoms with van der Waals surface area (Å²) in [7, 11) is 1.57. The first-order valence-electron chi connectivity index (χ1n) is 9.41. The molecule has 4 rings (SSSR count). The molecule has 1 heterocycles. The lowest BCUT2D eigenvalue weighted by Crippen LogP contribution is -2.19. The SMILES string of the molecule is CNC(=O)c1cccc(NC(=O)CSc2nc(C3CC3)n(-c3ccccc3)n2)c1. The van der Waals surface area contributed by atoms with Crippen LogP contribution in [0.2, 0.25) is 0 Å². The second-order valence-electron chi connectivity index (χ2n) is 6.77. The van der Waals surface area contributed by atoms with Crippen LogP contribution < -0.4 is 10.6 Å². The highest BCUT2D eigenvalue weighted by atomic mass is 32.2. The van der Waals surface area contributed by atoms with Crippen molar-refractivity contribution in [1.82, 2.24) is 20.1 Å². The lowest BCUT2D eigenvalue weighted by molar-refractivity contribution is -0.113. The van der Waals surface area contributed by atoms with E-state index in [1.54, 1.807) is 31.3 Å². The van der Waals surface area contributed by atoms with E-state index in [4.69, 9.17) is 0 Å². The average molecular weight is 407 g/mol. The maximum Gasteiger partial charge on any atom is 0.251 e. The third-order valence-corrected chi connectivity index (χ3v) is 5.36. The Hall–Kier alpha value is -3.13. The van der Waals surface area contributed by atoms with E-state index in [9.17, 15) is 9.59 Å². The zero-order valence-electron chi connectivity index (χ0n) is 16.0. The van der Waals surface area contributed by atoms with Crippen LogP contribution in [0, 0.1) is 0 Å². The summed E-state index contributed by atoms with van der Waals surface area (Å²) in [5.74, 6) is 1.22. The molecule has 2 aromatic carbocycles. The van der Waals surface area contributed by atoms with Crippen LogP contribution >= 0.6 is 11.8 Å². The minimum Gasteiger partial charge on any atom is -0.355 e. The zero-order valence-corrected chi connectivity index (χ0v) is 16.8. The topological polar surface area (TPSA) is 88.9 Å². The normalized spacial score (nSPS) is 13.1. The first-order chi connectivity index (χ1) is 14.1.